The first-order valence-corrected chi connectivity index (χ1v) is 9.41. The Labute approximate surface area is 193 Å². The van der Waals surface area contributed by atoms with Crippen LogP contribution in [0.15, 0.2) is 61.7 Å². The lowest BCUT2D eigenvalue weighted by Crippen LogP contribution is -2.54. The summed E-state index contributed by atoms with van der Waals surface area (Å²) in [5.74, 6) is -1.20. The number of alkyl halides is 6. The minimum Gasteiger partial charge on any atom is -0.483 e. The van der Waals surface area contributed by atoms with Gasteiger partial charge >= 0.3 is 23.7 Å². The SMILES string of the molecule is C=CCOc1ccc(C(c2ccc(OCC=C)c([N+](=O)[O-])c2)(C(F)(F)F)C(F)(F)F)cc1[N+](=O)[O-]. The van der Waals surface area contributed by atoms with Crippen molar-refractivity contribution >= 4 is 11.4 Å². The van der Waals surface area contributed by atoms with Crippen molar-refractivity contribution in [3.8, 4) is 11.5 Å². The van der Waals surface area contributed by atoms with Gasteiger partial charge in [0, 0.05) is 12.1 Å². The maximum atomic E-state index is 14.4. The fraction of sp³-hybridized carbons (Fsp3) is 0.238. The summed E-state index contributed by atoms with van der Waals surface area (Å²) in [5, 5.41) is 22.8. The summed E-state index contributed by atoms with van der Waals surface area (Å²) in [6.45, 7) is 5.96. The zero-order valence-electron chi connectivity index (χ0n) is 17.6. The van der Waals surface area contributed by atoms with Crippen LogP contribution in [0.1, 0.15) is 11.1 Å². The number of ether oxygens (including phenoxy) is 2. The summed E-state index contributed by atoms with van der Waals surface area (Å²) in [5.41, 5.74) is -10.4. The molecule has 0 atom stereocenters. The fourth-order valence-electron chi connectivity index (χ4n) is 3.31. The molecule has 0 fully saturated rings. The summed E-state index contributed by atoms with van der Waals surface area (Å²) in [6.07, 6.45) is -9.97. The lowest BCUT2D eigenvalue weighted by atomic mass is 9.72. The van der Waals surface area contributed by atoms with E-state index in [0.717, 1.165) is 12.2 Å². The third-order valence-electron chi connectivity index (χ3n) is 4.74. The molecule has 0 heterocycles. The van der Waals surface area contributed by atoms with Gasteiger partial charge in [-0.15, -0.1) is 0 Å². The smallest absolute Gasteiger partial charge is 0.411 e. The lowest BCUT2D eigenvalue weighted by molar-refractivity contribution is -0.386. The molecular formula is C21H16F6N2O6. The Bertz CT molecular complexity index is 1060. The molecule has 0 saturated heterocycles. The molecule has 0 aromatic heterocycles. The second kappa shape index (κ2) is 10.0. The molecule has 0 aliphatic carbocycles. The van der Waals surface area contributed by atoms with Gasteiger partial charge in [0.1, 0.15) is 13.2 Å². The Morgan fingerprint density at radius 3 is 1.34 bits per heavy atom. The molecule has 0 radical (unpaired) electrons. The van der Waals surface area contributed by atoms with Crippen molar-refractivity contribution in [2.45, 2.75) is 17.8 Å². The maximum absolute atomic E-state index is 14.4. The third-order valence-corrected chi connectivity index (χ3v) is 4.74. The Hall–Kier alpha value is -4.10. The quantitative estimate of drug-likeness (QED) is 0.168. The standard InChI is InChI=1S/C21H16F6N2O6/c1-3-9-34-17-7-5-13(11-15(17)28(30)31)19(20(22,23)24,21(25,26)27)14-6-8-18(35-10-4-2)16(12-14)29(32)33/h3-8,11-12H,1-2,9-10H2. The van der Waals surface area contributed by atoms with Crippen LogP contribution in [0.5, 0.6) is 11.5 Å². The number of nitro benzene ring substituents is 2. The van der Waals surface area contributed by atoms with Crippen molar-refractivity contribution in [3.63, 3.8) is 0 Å². The molecule has 2 aromatic rings. The highest BCUT2D eigenvalue weighted by Crippen LogP contribution is 2.57. The van der Waals surface area contributed by atoms with E-state index in [1.165, 1.54) is 0 Å². The van der Waals surface area contributed by atoms with Crippen LogP contribution in [0.25, 0.3) is 0 Å². The zero-order valence-corrected chi connectivity index (χ0v) is 17.6. The molecule has 0 amide bonds. The molecule has 0 aliphatic rings. The number of halogens is 6. The number of nitrogens with zero attached hydrogens (tertiary/aromatic N) is 2. The minimum absolute atomic E-state index is 0.0767. The molecular weight excluding hydrogens is 490 g/mol. The Kier molecular flexibility index (Phi) is 7.78. The number of nitro groups is 2. The number of hydrogen-bond acceptors (Lipinski definition) is 6. The van der Waals surface area contributed by atoms with E-state index in [2.05, 4.69) is 13.2 Å². The molecule has 14 heteroatoms. The van der Waals surface area contributed by atoms with Crippen LogP contribution in [-0.4, -0.2) is 35.4 Å². The van der Waals surface area contributed by atoms with Gasteiger partial charge in [-0.25, -0.2) is 0 Å². The monoisotopic (exact) mass is 506 g/mol. The van der Waals surface area contributed by atoms with E-state index in [1.807, 2.05) is 0 Å². The average molecular weight is 506 g/mol. The largest absolute Gasteiger partial charge is 0.483 e. The molecule has 188 valence electrons. The highest BCUT2D eigenvalue weighted by molar-refractivity contribution is 5.58. The molecule has 8 nitrogen and oxygen atoms in total. The van der Waals surface area contributed by atoms with Gasteiger partial charge in [0.05, 0.1) is 9.85 Å². The lowest BCUT2D eigenvalue weighted by Gasteiger charge is -2.38. The van der Waals surface area contributed by atoms with Gasteiger partial charge in [-0.1, -0.05) is 37.4 Å². The first-order chi connectivity index (χ1) is 16.2. The molecule has 0 spiro atoms. The molecule has 0 bridgehead atoms. The van der Waals surface area contributed by atoms with E-state index < -0.39 is 61.6 Å². The Balaban J connectivity index is 2.96. The van der Waals surface area contributed by atoms with E-state index in [0.29, 0.717) is 24.3 Å². The van der Waals surface area contributed by atoms with Gasteiger partial charge < -0.3 is 9.47 Å². The predicted octanol–water partition coefficient (Wildman–Crippen LogP) is 6.04. The predicted molar refractivity (Wildman–Crippen MR) is 110 cm³/mol. The second-order valence-electron chi connectivity index (χ2n) is 6.82. The molecule has 0 aliphatic heterocycles. The van der Waals surface area contributed by atoms with Gasteiger partial charge in [0.2, 0.25) is 5.41 Å². The maximum Gasteiger partial charge on any atom is 0.411 e. The van der Waals surface area contributed by atoms with Crippen LogP contribution in [-0.2, 0) is 5.41 Å². The molecule has 2 rings (SSSR count). The van der Waals surface area contributed by atoms with E-state index in [1.54, 1.807) is 0 Å². The summed E-state index contributed by atoms with van der Waals surface area (Å²) < 4.78 is 96.1. The van der Waals surface area contributed by atoms with Crippen molar-refractivity contribution in [1.29, 1.82) is 0 Å². The van der Waals surface area contributed by atoms with Crippen LogP contribution in [0.4, 0.5) is 37.7 Å². The van der Waals surface area contributed by atoms with Crippen molar-refractivity contribution in [1.82, 2.24) is 0 Å². The Morgan fingerprint density at radius 1 is 0.743 bits per heavy atom. The van der Waals surface area contributed by atoms with E-state index in [9.17, 15) is 46.6 Å². The van der Waals surface area contributed by atoms with Crippen molar-refractivity contribution in [2.75, 3.05) is 13.2 Å². The summed E-state index contributed by atoms with van der Waals surface area (Å²) >= 11 is 0. The number of hydrogen-bond donors (Lipinski definition) is 0. The fourth-order valence-corrected chi connectivity index (χ4v) is 3.31. The summed E-state index contributed by atoms with van der Waals surface area (Å²) in [6, 6.07) is 2.04. The van der Waals surface area contributed by atoms with E-state index >= 15 is 0 Å². The minimum atomic E-state index is -6.14. The zero-order chi connectivity index (χ0) is 26.6. The highest BCUT2D eigenvalue weighted by Gasteiger charge is 2.73. The first-order valence-electron chi connectivity index (χ1n) is 9.41. The van der Waals surface area contributed by atoms with Crippen molar-refractivity contribution in [2.24, 2.45) is 0 Å². The van der Waals surface area contributed by atoms with Gasteiger partial charge in [-0.2, -0.15) is 26.3 Å². The molecule has 35 heavy (non-hydrogen) atoms. The van der Waals surface area contributed by atoms with E-state index in [4.69, 9.17) is 9.47 Å². The van der Waals surface area contributed by atoms with Crippen molar-refractivity contribution < 1.29 is 45.7 Å². The van der Waals surface area contributed by atoms with Crippen LogP contribution < -0.4 is 9.47 Å². The summed E-state index contributed by atoms with van der Waals surface area (Å²) in [4.78, 5) is 20.4. The van der Waals surface area contributed by atoms with Gasteiger partial charge in [0.15, 0.2) is 11.5 Å². The van der Waals surface area contributed by atoms with E-state index in [-0.39, 0.29) is 25.3 Å². The second-order valence-corrected chi connectivity index (χ2v) is 6.82. The molecule has 0 saturated carbocycles. The number of benzene rings is 2. The van der Waals surface area contributed by atoms with Gasteiger partial charge in [0.25, 0.3) is 0 Å². The molecule has 2 aromatic carbocycles. The van der Waals surface area contributed by atoms with Gasteiger partial charge in [-0.05, 0) is 23.3 Å². The summed E-state index contributed by atoms with van der Waals surface area (Å²) in [7, 11) is 0. The topological polar surface area (TPSA) is 105 Å². The normalized spacial score (nSPS) is 12.1. The number of rotatable bonds is 10. The van der Waals surface area contributed by atoms with Crippen LogP contribution in [0.2, 0.25) is 0 Å². The highest BCUT2D eigenvalue weighted by atomic mass is 19.4. The first kappa shape index (κ1) is 27.1. The van der Waals surface area contributed by atoms with Crippen LogP contribution in [0.3, 0.4) is 0 Å². The average Bonchev–Trinajstić information content (AvgIpc) is 2.75. The van der Waals surface area contributed by atoms with Gasteiger partial charge in [-0.3, -0.25) is 20.2 Å². The molecule has 0 N–H and O–H groups in total. The Morgan fingerprint density at radius 2 is 1.09 bits per heavy atom. The van der Waals surface area contributed by atoms with Crippen molar-refractivity contribution in [3.05, 3.63) is 93.1 Å². The third kappa shape index (κ3) is 5.05. The van der Waals surface area contributed by atoms with Crippen LogP contribution in [0, 0.1) is 20.2 Å². The molecule has 0 unspecified atom stereocenters. The van der Waals surface area contributed by atoms with Crippen LogP contribution >= 0.6 is 0 Å².